The van der Waals surface area contributed by atoms with Crippen LogP contribution in [0, 0.1) is 0 Å². The van der Waals surface area contributed by atoms with Crippen LogP contribution >= 0.6 is 0 Å². The molecule has 6 nitrogen and oxygen atoms in total. The molecule has 1 rings (SSSR count). The predicted molar refractivity (Wildman–Crippen MR) is 75.2 cm³/mol. The Bertz CT molecular complexity index is 344. The van der Waals surface area contributed by atoms with E-state index in [1.807, 2.05) is 0 Å². The van der Waals surface area contributed by atoms with Gasteiger partial charge >= 0.3 is 6.09 Å². The number of ether oxygens (including phenoxy) is 2. The van der Waals surface area contributed by atoms with E-state index in [0.717, 1.165) is 19.3 Å². The standard InChI is InChI=1S/C14H26N2O4/c1-13(2,3)20-12(18)16-14(8-6-5-7-9-14)11(17)15-10-19-4/h5-10H2,1-4H3,(H,15,17)(H,16,18). The molecule has 0 saturated heterocycles. The third-order valence-corrected chi connectivity index (χ3v) is 3.26. The molecule has 116 valence electrons. The van der Waals surface area contributed by atoms with Crippen LogP contribution in [0.2, 0.25) is 0 Å². The van der Waals surface area contributed by atoms with Gasteiger partial charge in [-0.25, -0.2) is 4.79 Å². The molecule has 0 atom stereocenters. The van der Waals surface area contributed by atoms with Crippen molar-refractivity contribution in [2.75, 3.05) is 13.8 Å². The monoisotopic (exact) mass is 286 g/mol. The molecule has 0 aliphatic heterocycles. The van der Waals surface area contributed by atoms with Crippen LogP contribution < -0.4 is 10.6 Å². The van der Waals surface area contributed by atoms with Crippen molar-refractivity contribution in [1.82, 2.24) is 10.6 Å². The molecule has 0 heterocycles. The number of carbonyl (C=O) groups is 2. The minimum atomic E-state index is -0.876. The predicted octanol–water partition coefficient (Wildman–Crippen LogP) is 1.93. The molecule has 0 radical (unpaired) electrons. The van der Waals surface area contributed by atoms with E-state index in [4.69, 9.17) is 9.47 Å². The molecule has 0 spiro atoms. The lowest BCUT2D eigenvalue weighted by Crippen LogP contribution is -2.60. The van der Waals surface area contributed by atoms with Gasteiger partial charge in [0.15, 0.2) is 0 Å². The van der Waals surface area contributed by atoms with Crippen molar-refractivity contribution in [2.24, 2.45) is 0 Å². The van der Waals surface area contributed by atoms with Gasteiger partial charge in [0.25, 0.3) is 0 Å². The number of alkyl carbamates (subject to hydrolysis) is 1. The Labute approximate surface area is 120 Å². The molecule has 1 aliphatic rings. The average molecular weight is 286 g/mol. The molecular formula is C14H26N2O4. The van der Waals surface area contributed by atoms with Gasteiger partial charge in [-0.15, -0.1) is 0 Å². The average Bonchev–Trinajstić information content (AvgIpc) is 2.34. The molecular weight excluding hydrogens is 260 g/mol. The first kappa shape index (κ1) is 16.8. The SMILES string of the molecule is COCNC(=O)C1(NC(=O)OC(C)(C)C)CCCCC1. The van der Waals surface area contributed by atoms with Crippen LogP contribution in [0.1, 0.15) is 52.9 Å². The summed E-state index contributed by atoms with van der Waals surface area (Å²) in [5.41, 5.74) is -1.46. The summed E-state index contributed by atoms with van der Waals surface area (Å²) in [7, 11) is 1.51. The quantitative estimate of drug-likeness (QED) is 0.774. The second kappa shape index (κ2) is 6.92. The number of carbonyl (C=O) groups excluding carboxylic acids is 2. The van der Waals surface area contributed by atoms with Crippen LogP contribution in [0.3, 0.4) is 0 Å². The molecule has 20 heavy (non-hydrogen) atoms. The van der Waals surface area contributed by atoms with E-state index in [1.165, 1.54) is 7.11 Å². The normalized spacial score (nSPS) is 18.2. The molecule has 2 N–H and O–H groups in total. The lowest BCUT2D eigenvalue weighted by molar-refractivity contribution is -0.130. The zero-order valence-electron chi connectivity index (χ0n) is 12.9. The fraction of sp³-hybridized carbons (Fsp3) is 0.857. The number of nitrogens with one attached hydrogen (secondary N) is 2. The van der Waals surface area contributed by atoms with Crippen molar-refractivity contribution >= 4 is 12.0 Å². The van der Waals surface area contributed by atoms with Crippen molar-refractivity contribution in [3.05, 3.63) is 0 Å². The Hall–Kier alpha value is -1.30. The molecule has 2 amide bonds. The van der Waals surface area contributed by atoms with Gasteiger partial charge in [0, 0.05) is 7.11 Å². The summed E-state index contributed by atoms with van der Waals surface area (Å²) in [5.74, 6) is -0.204. The van der Waals surface area contributed by atoms with E-state index in [9.17, 15) is 9.59 Å². The summed E-state index contributed by atoms with van der Waals surface area (Å²) in [5, 5.41) is 5.45. The topological polar surface area (TPSA) is 76.7 Å². The zero-order valence-corrected chi connectivity index (χ0v) is 12.9. The number of methoxy groups -OCH3 is 1. The largest absolute Gasteiger partial charge is 0.444 e. The Morgan fingerprint density at radius 2 is 1.75 bits per heavy atom. The Balaban J connectivity index is 2.73. The van der Waals surface area contributed by atoms with Crippen LogP contribution in [-0.4, -0.2) is 37.0 Å². The number of rotatable bonds is 4. The zero-order chi connectivity index (χ0) is 15.2. The smallest absolute Gasteiger partial charge is 0.408 e. The third kappa shape index (κ3) is 5.00. The number of amides is 2. The van der Waals surface area contributed by atoms with Gasteiger partial charge in [-0.1, -0.05) is 19.3 Å². The molecule has 0 bridgehead atoms. The van der Waals surface area contributed by atoms with Crippen molar-refractivity contribution < 1.29 is 19.1 Å². The first-order valence-corrected chi connectivity index (χ1v) is 7.07. The van der Waals surface area contributed by atoms with Crippen molar-refractivity contribution in [1.29, 1.82) is 0 Å². The molecule has 1 fully saturated rings. The number of hydrogen-bond donors (Lipinski definition) is 2. The van der Waals surface area contributed by atoms with Crippen molar-refractivity contribution in [2.45, 2.75) is 64.0 Å². The lowest BCUT2D eigenvalue weighted by Gasteiger charge is -2.36. The highest BCUT2D eigenvalue weighted by molar-refractivity contribution is 5.90. The van der Waals surface area contributed by atoms with Gasteiger partial charge in [0.2, 0.25) is 5.91 Å². The van der Waals surface area contributed by atoms with Crippen LogP contribution in [-0.2, 0) is 14.3 Å². The lowest BCUT2D eigenvalue weighted by atomic mass is 9.81. The fourth-order valence-electron chi connectivity index (χ4n) is 2.37. The summed E-state index contributed by atoms with van der Waals surface area (Å²) in [6, 6.07) is 0. The van der Waals surface area contributed by atoms with Crippen LogP contribution in [0.25, 0.3) is 0 Å². The maximum Gasteiger partial charge on any atom is 0.408 e. The van der Waals surface area contributed by atoms with E-state index in [2.05, 4.69) is 10.6 Å². The molecule has 0 aromatic rings. The van der Waals surface area contributed by atoms with E-state index >= 15 is 0 Å². The van der Waals surface area contributed by atoms with Crippen LogP contribution in [0.4, 0.5) is 4.79 Å². The number of hydrogen-bond acceptors (Lipinski definition) is 4. The Morgan fingerprint density at radius 3 is 2.25 bits per heavy atom. The van der Waals surface area contributed by atoms with E-state index < -0.39 is 17.2 Å². The van der Waals surface area contributed by atoms with Crippen molar-refractivity contribution in [3.8, 4) is 0 Å². The van der Waals surface area contributed by atoms with Gasteiger partial charge in [-0.2, -0.15) is 0 Å². The van der Waals surface area contributed by atoms with Crippen molar-refractivity contribution in [3.63, 3.8) is 0 Å². The van der Waals surface area contributed by atoms with Crippen LogP contribution in [0.5, 0.6) is 0 Å². The van der Waals surface area contributed by atoms with Crippen LogP contribution in [0.15, 0.2) is 0 Å². The summed E-state index contributed by atoms with van der Waals surface area (Å²) in [4.78, 5) is 24.3. The van der Waals surface area contributed by atoms with E-state index in [1.54, 1.807) is 20.8 Å². The summed E-state index contributed by atoms with van der Waals surface area (Å²) < 4.78 is 10.1. The van der Waals surface area contributed by atoms with Gasteiger partial charge in [0.1, 0.15) is 17.9 Å². The highest BCUT2D eigenvalue weighted by atomic mass is 16.6. The fourth-order valence-corrected chi connectivity index (χ4v) is 2.37. The van der Waals surface area contributed by atoms with E-state index in [-0.39, 0.29) is 12.6 Å². The summed E-state index contributed by atoms with van der Waals surface area (Å²) in [6.45, 7) is 5.53. The Kier molecular flexibility index (Phi) is 5.80. The molecule has 1 saturated carbocycles. The van der Waals surface area contributed by atoms with Gasteiger partial charge in [-0.05, 0) is 33.6 Å². The second-order valence-corrected chi connectivity index (χ2v) is 6.21. The van der Waals surface area contributed by atoms with Gasteiger partial charge in [-0.3, -0.25) is 4.79 Å². The minimum Gasteiger partial charge on any atom is -0.444 e. The summed E-state index contributed by atoms with van der Waals surface area (Å²) >= 11 is 0. The Morgan fingerprint density at radius 1 is 1.15 bits per heavy atom. The molecule has 0 unspecified atom stereocenters. The molecule has 1 aliphatic carbocycles. The second-order valence-electron chi connectivity index (χ2n) is 6.21. The summed E-state index contributed by atoms with van der Waals surface area (Å²) in [6.07, 6.45) is 3.61. The van der Waals surface area contributed by atoms with Gasteiger partial charge in [0.05, 0.1) is 0 Å². The molecule has 0 aromatic heterocycles. The van der Waals surface area contributed by atoms with E-state index in [0.29, 0.717) is 12.8 Å². The minimum absolute atomic E-state index is 0.135. The first-order chi connectivity index (χ1) is 9.29. The molecule has 6 heteroatoms. The maximum atomic E-state index is 12.3. The highest BCUT2D eigenvalue weighted by Gasteiger charge is 2.41. The first-order valence-electron chi connectivity index (χ1n) is 7.07. The third-order valence-electron chi connectivity index (χ3n) is 3.26. The highest BCUT2D eigenvalue weighted by Crippen LogP contribution is 2.29. The maximum absolute atomic E-state index is 12.3. The molecule has 0 aromatic carbocycles. The van der Waals surface area contributed by atoms with Gasteiger partial charge < -0.3 is 20.1 Å².